The fraction of sp³-hybridized carbons (Fsp3) is 0.600. The Balaban J connectivity index is 1.63. The summed E-state index contributed by atoms with van der Waals surface area (Å²) >= 11 is 3.43. The van der Waals surface area contributed by atoms with E-state index in [4.69, 9.17) is 4.74 Å². The van der Waals surface area contributed by atoms with E-state index in [1.807, 2.05) is 18.3 Å². The van der Waals surface area contributed by atoms with Crippen molar-refractivity contribution in [3.8, 4) is 0 Å². The zero-order valence-corrected chi connectivity index (χ0v) is 15.6. The summed E-state index contributed by atoms with van der Waals surface area (Å²) in [5.74, 6) is 2.20. The van der Waals surface area contributed by atoms with E-state index in [2.05, 4.69) is 40.0 Å². The molecule has 1 aliphatic heterocycles. The van der Waals surface area contributed by atoms with Crippen molar-refractivity contribution in [2.24, 2.45) is 29.6 Å². The predicted octanol–water partition coefficient (Wildman–Crippen LogP) is 4.86. The zero-order valence-electron chi connectivity index (χ0n) is 14.0. The number of pyridine rings is 1. The fourth-order valence-electron chi connectivity index (χ4n) is 5.19. The van der Waals surface area contributed by atoms with Crippen LogP contribution in [0.2, 0.25) is 0 Å². The number of ether oxygens (including phenoxy) is 1. The molecule has 1 aromatic heterocycles. The number of carbonyl (C=O) groups is 1. The number of aromatic nitrogens is 1. The smallest absolute Gasteiger partial charge is 0.309 e. The van der Waals surface area contributed by atoms with Crippen molar-refractivity contribution in [2.45, 2.75) is 45.1 Å². The van der Waals surface area contributed by atoms with Crippen LogP contribution in [0.3, 0.4) is 0 Å². The van der Waals surface area contributed by atoms with Gasteiger partial charge in [0.1, 0.15) is 6.10 Å². The van der Waals surface area contributed by atoms with Crippen LogP contribution in [0.15, 0.2) is 28.9 Å². The first kappa shape index (κ1) is 16.3. The first-order chi connectivity index (χ1) is 11.6. The normalized spacial score (nSPS) is 38.7. The molecule has 0 radical (unpaired) electrons. The van der Waals surface area contributed by atoms with Crippen molar-refractivity contribution in [1.82, 2.24) is 4.98 Å². The Morgan fingerprint density at radius 2 is 2.12 bits per heavy atom. The van der Waals surface area contributed by atoms with E-state index in [0.717, 1.165) is 16.6 Å². The third-order valence-corrected chi connectivity index (χ3v) is 6.80. The molecule has 6 atom stereocenters. The van der Waals surface area contributed by atoms with Gasteiger partial charge in [0.2, 0.25) is 0 Å². The van der Waals surface area contributed by atoms with Crippen LogP contribution in [0, 0.1) is 29.6 Å². The van der Waals surface area contributed by atoms with Crippen LogP contribution in [0.25, 0.3) is 6.08 Å². The maximum atomic E-state index is 12.1. The second-order valence-electron chi connectivity index (χ2n) is 7.62. The van der Waals surface area contributed by atoms with Gasteiger partial charge in [0.25, 0.3) is 0 Å². The number of esters is 1. The summed E-state index contributed by atoms with van der Waals surface area (Å²) in [5.41, 5.74) is 0.977. The average Bonchev–Trinajstić information content (AvgIpc) is 2.87. The SMILES string of the molecule is C[C@@H]1C(=O)O[C@H]2C[C@@H]3CCCC[C@H]3[C@H](/C=C/c3ccc(Br)cn3)[C@H]21. The van der Waals surface area contributed by atoms with E-state index >= 15 is 0 Å². The Bertz CT molecular complexity index is 642. The highest BCUT2D eigenvalue weighted by molar-refractivity contribution is 9.10. The van der Waals surface area contributed by atoms with Gasteiger partial charge < -0.3 is 4.74 Å². The van der Waals surface area contributed by atoms with E-state index in [-0.39, 0.29) is 18.0 Å². The van der Waals surface area contributed by atoms with Crippen molar-refractivity contribution in [3.05, 3.63) is 34.6 Å². The first-order valence-electron chi connectivity index (χ1n) is 9.14. The lowest BCUT2D eigenvalue weighted by atomic mass is 9.59. The maximum absolute atomic E-state index is 12.1. The van der Waals surface area contributed by atoms with Crippen LogP contribution >= 0.6 is 15.9 Å². The molecule has 3 aliphatic rings. The van der Waals surface area contributed by atoms with Gasteiger partial charge in [-0.25, -0.2) is 0 Å². The van der Waals surface area contributed by atoms with Gasteiger partial charge >= 0.3 is 5.97 Å². The molecule has 2 heterocycles. The van der Waals surface area contributed by atoms with Gasteiger partial charge in [-0.3, -0.25) is 9.78 Å². The van der Waals surface area contributed by atoms with Gasteiger partial charge in [0.05, 0.1) is 11.6 Å². The highest BCUT2D eigenvalue weighted by Gasteiger charge is 2.53. The molecule has 0 bridgehead atoms. The molecule has 4 rings (SSSR count). The number of hydrogen-bond donors (Lipinski definition) is 0. The highest BCUT2D eigenvalue weighted by Crippen LogP contribution is 2.52. The lowest BCUT2D eigenvalue weighted by Gasteiger charge is -2.46. The summed E-state index contributed by atoms with van der Waals surface area (Å²) in [5, 5.41) is 0. The molecule has 3 fully saturated rings. The molecular weight excluding hydrogens is 366 g/mol. The summed E-state index contributed by atoms with van der Waals surface area (Å²) < 4.78 is 6.72. The monoisotopic (exact) mass is 389 g/mol. The zero-order chi connectivity index (χ0) is 16.7. The quantitative estimate of drug-likeness (QED) is 0.677. The lowest BCUT2D eigenvalue weighted by Crippen LogP contribution is -2.43. The Hall–Kier alpha value is -1.16. The molecular formula is C20H24BrNO2. The summed E-state index contributed by atoms with van der Waals surface area (Å²) in [7, 11) is 0. The summed E-state index contributed by atoms with van der Waals surface area (Å²) in [6.45, 7) is 2.05. The number of halogens is 1. The largest absolute Gasteiger partial charge is 0.462 e. The number of nitrogens with zero attached hydrogens (tertiary/aromatic N) is 1. The molecule has 1 aromatic rings. The predicted molar refractivity (Wildman–Crippen MR) is 97.1 cm³/mol. The Kier molecular flexibility index (Phi) is 4.50. The summed E-state index contributed by atoms with van der Waals surface area (Å²) in [6, 6.07) is 4.05. The third kappa shape index (κ3) is 2.94. The summed E-state index contributed by atoms with van der Waals surface area (Å²) in [6.07, 6.45) is 12.7. The van der Waals surface area contributed by atoms with E-state index in [9.17, 15) is 4.79 Å². The van der Waals surface area contributed by atoms with Gasteiger partial charge in [0, 0.05) is 16.6 Å². The first-order valence-corrected chi connectivity index (χ1v) is 9.93. The molecule has 0 unspecified atom stereocenters. The maximum Gasteiger partial charge on any atom is 0.309 e. The number of rotatable bonds is 2. The van der Waals surface area contributed by atoms with Crippen LogP contribution in [0.4, 0.5) is 0 Å². The van der Waals surface area contributed by atoms with Crippen molar-refractivity contribution < 1.29 is 9.53 Å². The molecule has 0 spiro atoms. The van der Waals surface area contributed by atoms with Crippen molar-refractivity contribution >= 4 is 28.0 Å². The minimum absolute atomic E-state index is 0.00353. The van der Waals surface area contributed by atoms with E-state index in [0.29, 0.717) is 23.7 Å². The molecule has 1 saturated heterocycles. The number of fused-ring (bicyclic) bond motifs is 2. The van der Waals surface area contributed by atoms with Crippen LogP contribution in [-0.2, 0) is 9.53 Å². The van der Waals surface area contributed by atoms with Gasteiger partial charge in [-0.05, 0) is 64.7 Å². The van der Waals surface area contributed by atoms with Gasteiger partial charge in [0.15, 0.2) is 0 Å². The molecule has 128 valence electrons. The van der Waals surface area contributed by atoms with Crippen molar-refractivity contribution in [1.29, 1.82) is 0 Å². The second kappa shape index (κ2) is 6.62. The lowest BCUT2D eigenvalue weighted by molar-refractivity contribution is -0.145. The van der Waals surface area contributed by atoms with E-state index in [1.165, 1.54) is 25.7 Å². The van der Waals surface area contributed by atoms with Crippen molar-refractivity contribution in [3.63, 3.8) is 0 Å². The van der Waals surface area contributed by atoms with Gasteiger partial charge in [-0.2, -0.15) is 0 Å². The number of hydrogen-bond acceptors (Lipinski definition) is 3. The summed E-state index contributed by atoms with van der Waals surface area (Å²) in [4.78, 5) is 16.6. The van der Waals surface area contributed by atoms with Gasteiger partial charge in [-0.1, -0.05) is 32.3 Å². The Morgan fingerprint density at radius 1 is 1.29 bits per heavy atom. The molecule has 0 aromatic carbocycles. The number of carbonyl (C=O) groups excluding carboxylic acids is 1. The van der Waals surface area contributed by atoms with Crippen LogP contribution < -0.4 is 0 Å². The minimum Gasteiger partial charge on any atom is -0.462 e. The molecule has 2 saturated carbocycles. The molecule has 24 heavy (non-hydrogen) atoms. The standard InChI is InChI=1S/C20H24BrNO2/c1-12-19-17(9-8-15-7-6-14(21)11-22-15)16-5-3-2-4-13(16)10-18(19)24-20(12)23/h6-9,11-13,16-19H,2-5,10H2,1H3/b9-8+/t12-,13-,16+,17-,18-,19+/m0/s1. The second-order valence-corrected chi connectivity index (χ2v) is 8.54. The Labute approximate surface area is 152 Å². The Morgan fingerprint density at radius 3 is 2.92 bits per heavy atom. The third-order valence-electron chi connectivity index (χ3n) is 6.33. The fourth-order valence-corrected chi connectivity index (χ4v) is 5.42. The minimum atomic E-state index is 0.00353. The van der Waals surface area contributed by atoms with E-state index < -0.39 is 0 Å². The van der Waals surface area contributed by atoms with Crippen LogP contribution in [0.5, 0.6) is 0 Å². The van der Waals surface area contributed by atoms with Crippen LogP contribution in [-0.4, -0.2) is 17.1 Å². The van der Waals surface area contributed by atoms with Gasteiger partial charge in [-0.15, -0.1) is 0 Å². The molecule has 0 N–H and O–H groups in total. The van der Waals surface area contributed by atoms with E-state index in [1.54, 1.807) is 0 Å². The topological polar surface area (TPSA) is 39.2 Å². The molecule has 2 aliphatic carbocycles. The van der Waals surface area contributed by atoms with Crippen molar-refractivity contribution in [2.75, 3.05) is 0 Å². The molecule has 0 amide bonds. The highest BCUT2D eigenvalue weighted by atomic mass is 79.9. The average molecular weight is 390 g/mol. The van der Waals surface area contributed by atoms with Crippen LogP contribution in [0.1, 0.15) is 44.7 Å². The molecule has 4 heteroatoms. The number of allylic oxidation sites excluding steroid dienone is 1. The molecule has 3 nitrogen and oxygen atoms in total.